The smallest absolute Gasteiger partial charge is 2.00 e. The van der Waals surface area contributed by atoms with Gasteiger partial charge in [-0.15, -0.1) is 0 Å². The van der Waals surface area contributed by atoms with E-state index in [1.807, 2.05) is 0 Å². The van der Waals surface area contributed by atoms with Crippen molar-refractivity contribution >= 4 is 28.3 Å². The molecule has 0 amide bonds. The summed E-state index contributed by atoms with van der Waals surface area (Å²) in [5.41, 5.74) is 0. The molecule has 1 radical (unpaired) electrons. The van der Waals surface area contributed by atoms with Gasteiger partial charge in [0.1, 0.15) is 0 Å². The van der Waals surface area contributed by atoms with Crippen molar-refractivity contribution < 1.29 is 30.0 Å². The van der Waals surface area contributed by atoms with Crippen molar-refractivity contribution in [1.82, 2.24) is 0 Å². The maximum absolute atomic E-state index is 9.08. The van der Waals surface area contributed by atoms with Crippen molar-refractivity contribution in [3.8, 4) is 0 Å². The minimum Gasteiger partial charge on any atom is 2.00 e. The molecule has 0 aliphatic rings. The van der Waals surface area contributed by atoms with E-state index in [-0.39, 0.29) is 17.1 Å². The van der Waals surface area contributed by atoms with Crippen LogP contribution in [0.15, 0.2) is 0 Å². The molecule has 0 atom stereocenters. The first-order chi connectivity index (χ1) is 2.00. The van der Waals surface area contributed by atoms with Gasteiger partial charge >= 0.3 is 58.3 Å². The van der Waals surface area contributed by atoms with E-state index >= 15 is 0 Å². The van der Waals surface area contributed by atoms with Crippen molar-refractivity contribution in [2.24, 2.45) is 0 Å². The van der Waals surface area contributed by atoms with Crippen LogP contribution in [0.4, 0.5) is 0 Å². The molecule has 0 N–H and O–H groups in total. The Morgan fingerprint density at radius 2 is 1.50 bits per heavy atom. The monoisotopic (exact) mass is 265 g/mol. The minimum absolute atomic E-state index is 0. The van der Waals surface area contributed by atoms with E-state index in [1.165, 1.54) is 0 Å². The first-order valence-electron chi connectivity index (χ1n) is 0.667. The Balaban J connectivity index is 0. The maximum atomic E-state index is 9.08. The Kier molecular flexibility index (Phi) is 5.55. The Morgan fingerprint density at radius 1 is 1.50 bits per heavy atom. The van der Waals surface area contributed by atoms with Gasteiger partial charge in [0.05, 0.1) is 0 Å². The third kappa shape index (κ3) is 62.5. The van der Waals surface area contributed by atoms with Crippen LogP contribution in [-0.4, -0.2) is 33.9 Å². The second-order valence-electron chi connectivity index (χ2n) is 0.408. The Hall–Kier alpha value is 1.22. The summed E-state index contributed by atoms with van der Waals surface area (Å²) in [6.45, 7) is 0. The molecule has 0 aliphatic carbocycles. The summed E-state index contributed by atoms with van der Waals surface area (Å²) in [7, 11) is -3.91. The molecule has 0 saturated heterocycles. The Bertz CT molecular complexity index is 94.0. The summed E-state index contributed by atoms with van der Waals surface area (Å²) < 4.78 is 27.2. The number of rotatable bonds is 0. The minimum atomic E-state index is -3.91. The zero-order valence-corrected chi connectivity index (χ0v) is 6.75. The third-order valence-corrected chi connectivity index (χ3v) is 0. The van der Waals surface area contributed by atoms with Crippen molar-refractivity contribution in [3.05, 3.63) is 0 Å². The molecule has 0 bridgehead atoms. The van der Waals surface area contributed by atoms with Gasteiger partial charge in [-0.1, -0.05) is 0 Å². The van der Waals surface area contributed by atoms with Gasteiger partial charge in [0.15, 0.2) is 0 Å². The van der Waals surface area contributed by atoms with Crippen molar-refractivity contribution in [2.45, 2.75) is 0 Å². The van der Waals surface area contributed by atoms with Crippen molar-refractivity contribution in [1.29, 1.82) is 0 Å². The van der Waals surface area contributed by atoms with Crippen molar-refractivity contribution in [3.63, 3.8) is 0 Å². The van der Waals surface area contributed by atoms with Crippen LogP contribution in [0, 0.1) is 0 Å². The zero-order valence-electron chi connectivity index (χ0n) is 2.42. The molecule has 0 aromatic heterocycles. The van der Waals surface area contributed by atoms with Gasteiger partial charge in [-0.25, -0.2) is 0 Å². The standard InChI is InChI=1S/Mn.H2O3STe/c;1-4(2,3)5/h;(H2,1,2,3,5)/q+2;/p-2. The number of hydrogen-bond donors (Lipinski definition) is 0. The molecule has 0 aliphatic heterocycles. The summed E-state index contributed by atoms with van der Waals surface area (Å²) in [4.78, 5) is 0. The van der Waals surface area contributed by atoms with E-state index in [0.717, 1.165) is 0 Å². The van der Waals surface area contributed by atoms with Gasteiger partial charge in [-0.05, 0) is 0 Å². The van der Waals surface area contributed by atoms with E-state index in [9.17, 15) is 0 Å². The molecule has 0 aromatic rings. The molecular weight excluding hydrogens is 263 g/mol. The molecule has 0 unspecified atom stereocenters. The average molecular weight is 263 g/mol. The largest absolute Gasteiger partial charge is 2.00 e. The fourth-order valence-electron chi connectivity index (χ4n) is 0. The summed E-state index contributed by atoms with van der Waals surface area (Å²) in [5.74, 6) is 0. The fourth-order valence-corrected chi connectivity index (χ4v) is 0. The quantitative estimate of drug-likeness (QED) is 0.399. The van der Waals surface area contributed by atoms with Crippen LogP contribution >= 0.6 is 0 Å². The molecule has 37 valence electrons. The predicted octanol–water partition coefficient (Wildman–Crippen LogP) is -1.39. The molecule has 6 heavy (non-hydrogen) atoms. The van der Waals surface area contributed by atoms with E-state index in [2.05, 4.69) is 0 Å². The molecule has 0 saturated carbocycles. The van der Waals surface area contributed by atoms with Crippen LogP contribution in [0.1, 0.15) is 0 Å². The Morgan fingerprint density at radius 3 is 1.50 bits per heavy atom. The van der Waals surface area contributed by atoms with Gasteiger partial charge in [-0.2, -0.15) is 0 Å². The first-order valence-corrected chi connectivity index (χ1v) is 4.85. The number of hydrogen-bond acceptors (Lipinski definition) is 3. The van der Waals surface area contributed by atoms with Crippen LogP contribution in [0.5, 0.6) is 0 Å². The van der Waals surface area contributed by atoms with Gasteiger partial charge in [0, 0.05) is 0 Å². The molecule has 0 fully saturated rings. The van der Waals surface area contributed by atoms with Gasteiger partial charge in [0.2, 0.25) is 0 Å². The molecule has 0 heterocycles. The average Bonchev–Trinajstić information content (AvgIpc) is 0.722. The third-order valence-electron chi connectivity index (χ3n) is 0. The normalized spacial score (nSPS) is 9.67. The first kappa shape index (κ1) is 10.3. The SMILES string of the molecule is O=S(=O)([O-])[Te-].[Mn+2]. The van der Waals surface area contributed by atoms with E-state index in [0.29, 0.717) is 20.9 Å². The summed E-state index contributed by atoms with van der Waals surface area (Å²) >= 11 is 0.541. The van der Waals surface area contributed by atoms with Crippen LogP contribution in [-0.2, 0) is 24.4 Å². The fraction of sp³-hybridized carbons (Fsp3) is 0. The molecule has 0 aromatic carbocycles. The van der Waals surface area contributed by atoms with Crippen molar-refractivity contribution in [2.75, 3.05) is 0 Å². The summed E-state index contributed by atoms with van der Waals surface area (Å²) in [6.07, 6.45) is 0. The topological polar surface area (TPSA) is 57.2 Å². The second kappa shape index (κ2) is 3.25. The van der Waals surface area contributed by atoms with Gasteiger partial charge in [-0.3, -0.25) is 0 Å². The van der Waals surface area contributed by atoms with Crippen LogP contribution in [0.25, 0.3) is 0 Å². The Labute approximate surface area is 58.1 Å². The van der Waals surface area contributed by atoms with E-state index in [1.54, 1.807) is 0 Å². The summed E-state index contributed by atoms with van der Waals surface area (Å²) in [5, 5.41) is 0. The van der Waals surface area contributed by atoms with Crippen LogP contribution in [0.2, 0.25) is 0 Å². The molecule has 3 nitrogen and oxygen atoms in total. The molecule has 0 rings (SSSR count). The predicted molar refractivity (Wildman–Crippen MR) is 15.5 cm³/mol. The van der Waals surface area contributed by atoms with E-state index in [4.69, 9.17) is 13.0 Å². The van der Waals surface area contributed by atoms with Crippen LogP contribution in [0.3, 0.4) is 0 Å². The second-order valence-corrected chi connectivity index (χ2v) is 4.72. The van der Waals surface area contributed by atoms with E-state index < -0.39 is 7.35 Å². The van der Waals surface area contributed by atoms with Gasteiger partial charge < -0.3 is 0 Å². The maximum Gasteiger partial charge on any atom is 2.00 e. The molecule has 0 spiro atoms. The molecular formula is MnO3STe. The zero-order chi connectivity index (χ0) is 4.50. The van der Waals surface area contributed by atoms with Crippen LogP contribution < -0.4 is 0 Å². The molecule has 6 heteroatoms. The summed E-state index contributed by atoms with van der Waals surface area (Å²) in [6, 6.07) is 0. The van der Waals surface area contributed by atoms with Gasteiger partial charge in [0.25, 0.3) is 0 Å².